The third-order valence-electron chi connectivity index (χ3n) is 5.38. The van der Waals surface area contributed by atoms with E-state index >= 15 is 0 Å². The highest BCUT2D eigenvalue weighted by molar-refractivity contribution is 6.32. The van der Waals surface area contributed by atoms with Gasteiger partial charge in [0.1, 0.15) is 18.2 Å². The summed E-state index contributed by atoms with van der Waals surface area (Å²) in [6, 6.07) is 20.4. The van der Waals surface area contributed by atoms with Gasteiger partial charge in [0, 0.05) is 22.8 Å². The molecule has 0 saturated heterocycles. The van der Waals surface area contributed by atoms with Gasteiger partial charge in [-0.2, -0.15) is 5.26 Å². The van der Waals surface area contributed by atoms with E-state index in [-0.39, 0.29) is 18.1 Å². The largest absolute Gasteiger partial charge is 0.493 e. The van der Waals surface area contributed by atoms with Crippen molar-refractivity contribution >= 4 is 40.9 Å². The van der Waals surface area contributed by atoms with Crippen LogP contribution in [0.4, 0.5) is 5.69 Å². The molecule has 0 atom stereocenters. The molecule has 0 aliphatic carbocycles. The number of hydrogen-bond acceptors (Lipinski definition) is 4. The highest BCUT2D eigenvalue weighted by Crippen LogP contribution is 2.38. The van der Waals surface area contributed by atoms with Crippen LogP contribution < -0.4 is 14.4 Å². The number of hydrogen-bond donors (Lipinski definition) is 0. The van der Waals surface area contributed by atoms with Gasteiger partial charge in [-0.05, 0) is 47.9 Å². The molecule has 5 nitrogen and oxygen atoms in total. The lowest BCUT2D eigenvalue weighted by molar-refractivity contribution is -0.114. The Morgan fingerprint density at radius 1 is 1.12 bits per heavy atom. The van der Waals surface area contributed by atoms with Crippen LogP contribution in [0.1, 0.15) is 16.7 Å². The first-order valence-electron chi connectivity index (χ1n) is 10.3. The Kier molecular flexibility index (Phi) is 6.88. The number of carbonyl (C=O) groups excluding carboxylic acids is 1. The minimum atomic E-state index is -0.350. The molecule has 7 heteroatoms. The first-order valence-corrected chi connectivity index (χ1v) is 11.0. The zero-order valence-electron chi connectivity index (χ0n) is 17.8. The van der Waals surface area contributed by atoms with Gasteiger partial charge in [0.15, 0.2) is 11.5 Å². The van der Waals surface area contributed by atoms with Crippen molar-refractivity contribution in [1.29, 1.82) is 5.26 Å². The fourth-order valence-electron chi connectivity index (χ4n) is 3.73. The highest BCUT2D eigenvalue weighted by atomic mass is 35.5. The van der Waals surface area contributed by atoms with E-state index in [4.69, 9.17) is 32.7 Å². The normalized spacial score (nSPS) is 12.8. The van der Waals surface area contributed by atoms with Crippen molar-refractivity contribution in [3.05, 3.63) is 93.0 Å². The first-order chi connectivity index (χ1) is 16.0. The van der Waals surface area contributed by atoms with Crippen LogP contribution in [0.15, 0.2) is 66.2 Å². The summed E-state index contributed by atoms with van der Waals surface area (Å²) in [5, 5.41) is 10.6. The Hall–Kier alpha value is -3.46. The molecule has 4 rings (SSSR count). The molecule has 1 aliphatic rings. The number of benzene rings is 3. The zero-order chi connectivity index (χ0) is 23.4. The second-order valence-electron chi connectivity index (χ2n) is 7.42. The molecule has 0 aromatic heterocycles. The maximum Gasteiger partial charge on any atom is 0.268 e. The fourth-order valence-corrected chi connectivity index (χ4v) is 4.20. The molecule has 0 radical (unpaired) electrons. The molecule has 1 aliphatic heterocycles. The summed E-state index contributed by atoms with van der Waals surface area (Å²) in [5.74, 6) is 0.392. The van der Waals surface area contributed by atoms with Crippen LogP contribution in [0.2, 0.25) is 10.0 Å². The number of anilines is 1. The molecule has 0 saturated carbocycles. The van der Waals surface area contributed by atoms with E-state index in [9.17, 15) is 10.1 Å². The number of nitrogens with zero attached hydrogens (tertiary/aromatic N) is 2. The minimum Gasteiger partial charge on any atom is -0.493 e. The minimum absolute atomic E-state index is 0.00885. The van der Waals surface area contributed by atoms with Gasteiger partial charge in [0.2, 0.25) is 0 Å². The van der Waals surface area contributed by atoms with Crippen LogP contribution in [-0.2, 0) is 17.8 Å². The molecule has 166 valence electrons. The Morgan fingerprint density at radius 3 is 2.64 bits per heavy atom. The van der Waals surface area contributed by atoms with Crippen LogP contribution in [0, 0.1) is 11.3 Å². The van der Waals surface area contributed by atoms with Crippen molar-refractivity contribution in [2.45, 2.75) is 13.0 Å². The Labute approximate surface area is 202 Å². The number of amides is 1. The lowest BCUT2D eigenvalue weighted by Crippen LogP contribution is -2.29. The highest BCUT2D eigenvalue weighted by Gasteiger charge is 2.26. The predicted octanol–water partition coefficient (Wildman–Crippen LogP) is 6.08. The van der Waals surface area contributed by atoms with Gasteiger partial charge < -0.3 is 14.4 Å². The summed E-state index contributed by atoms with van der Waals surface area (Å²) in [4.78, 5) is 14.7. The van der Waals surface area contributed by atoms with E-state index in [0.29, 0.717) is 33.7 Å². The number of ether oxygens (including phenoxy) is 2. The molecule has 3 aromatic rings. The van der Waals surface area contributed by atoms with Crippen molar-refractivity contribution in [1.82, 2.24) is 0 Å². The van der Waals surface area contributed by atoms with Crippen LogP contribution in [0.3, 0.4) is 0 Å². The van der Waals surface area contributed by atoms with Gasteiger partial charge in [-0.1, -0.05) is 59.6 Å². The van der Waals surface area contributed by atoms with Gasteiger partial charge in [0.25, 0.3) is 5.91 Å². The monoisotopic (exact) mass is 478 g/mol. The molecule has 3 aromatic carbocycles. The molecule has 0 spiro atoms. The van der Waals surface area contributed by atoms with Crippen molar-refractivity contribution in [3.8, 4) is 17.6 Å². The average Bonchev–Trinajstić information content (AvgIpc) is 3.26. The quantitative estimate of drug-likeness (QED) is 0.318. The van der Waals surface area contributed by atoms with Crippen molar-refractivity contribution < 1.29 is 14.3 Å². The Morgan fingerprint density at radius 2 is 1.88 bits per heavy atom. The number of fused-ring (bicyclic) bond motifs is 1. The molecular weight excluding hydrogens is 459 g/mol. The van der Waals surface area contributed by atoms with Crippen LogP contribution in [0.25, 0.3) is 6.08 Å². The second-order valence-corrected chi connectivity index (χ2v) is 8.23. The van der Waals surface area contributed by atoms with Crippen LogP contribution in [-0.4, -0.2) is 19.6 Å². The standard InChI is InChI=1S/C26H20Cl2N2O3/c1-32-24-14-17(13-22(28)25(24)33-16-19-7-2-4-8-21(19)27)12-20(15-29)26(31)30-11-10-18-6-3-5-9-23(18)30/h2-9,12-14H,10-11,16H2,1H3. The third kappa shape index (κ3) is 4.83. The molecule has 0 unspecified atom stereocenters. The molecule has 1 heterocycles. The Bertz CT molecular complexity index is 1280. The maximum absolute atomic E-state index is 13.1. The number of rotatable bonds is 6. The lowest BCUT2D eigenvalue weighted by Gasteiger charge is -2.17. The third-order valence-corrected chi connectivity index (χ3v) is 6.03. The summed E-state index contributed by atoms with van der Waals surface area (Å²) in [6.45, 7) is 0.747. The summed E-state index contributed by atoms with van der Waals surface area (Å²) >= 11 is 12.7. The summed E-state index contributed by atoms with van der Waals surface area (Å²) in [5.41, 5.74) is 3.30. The van der Waals surface area contributed by atoms with Crippen LogP contribution in [0.5, 0.6) is 11.5 Å². The number of carbonyl (C=O) groups is 1. The summed E-state index contributed by atoms with van der Waals surface area (Å²) in [6.07, 6.45) is 2.27. The smallest absolute Gasteiger partial charge is 0.268 e. The van der Waals surface area contributed by atoms with Crippen LogP contribution >= 0.6 is 23.2 Å². The predicted molar refractivity (Wildman–Crippen MR) is 130 cm³/mol. The van der Waals surface area contributed by atoms with E-state index in [2.05, 4.69) is 0 Å². The second kappa shape index (κ2) is 9.99. The molecule has 1 amide bonds. The van der Waals surface area contributed by atoms with Gasteiger partial charge in [-0.15, -0.1) is 0 Å². The van der Waals surface area contributed by atoms with E-state index in [1.807, 2.05) is 48.5 Å². The van der Waals surface area contributed by atoms with E-state index < -0.39 is 0 Å². The van der Waals surface area contributed by atoms with E-state index in [1.165, 1.54) is 13.2 Å². The van der Waals surface area contributed by atoms with Crippen molar-refractivity contribution in [3.63, 3.8) is 0 Å². The topological polar surface area (TPSA) is 62.6 Å². The number of methoxy groups -OCH3 is 1. The lowest BCUT2D eigenvalue weighted by atomic mass is 10.1. The van der Waals surface area contributed by atoms with E-state index in [1.54, 1.807) is 23.1 Å². The first kappa shape index (κ1) is 22.7. The van der Waals surface area contributed by atoms with Crippen molar-refractivity contribution in [2.24, 2.45) is 0 Å². The fraction of sp³-hybridized carbons (Fsp3) is 0.154. The SMILES string of the molecule is COc1cc(C=C(C#N)C(=O)N2CCc3ccccc32)cc(Cl)c1OCc1ccccc1Cl. The molecule has 0 N–H and O–H groups in total. The van der Waals surface area contributed by atoms with E-state index in [0.717, 1.165) is 23.2 Å². The van der Waals surface area contributed by atoms with Gasteiger partial charge in [0.05, 0.1) is 12.1 Å². The van der Waals surface area contributed by atoms with Gasteiger partial charge in [-0.25, -0.2) is 0 Å². The molecular formula is C26H20Cl2N2O3. The van der Waals surface area contributed by atoms with Crippen molar-refractivity contribution in [2.75, 3.05) is 18.6 Å². The molecule has 33 heavy (non-hydrogen) atoms. The number of halogens is 2. The molecule has 0 bridgehead atoms. The maximum atomic E-state index is 13.1. The summed E-state index contributed by atoms with van der Waals surface area (Å²) in [7, 11) is 1.50. The zero-order valence-corrected chi connectivity index (χ0v) is 19.4. The van der Waals surface area contributed by atoms with Gasteiger partial charge in [-0.3, -0.25) is 4.79 Å². The van der Waals surface area contributed by atoms with Gasteiger partial charge >= 0.3 is 0 Å². The molecule has 0 fully saturated rings. The summed E-state index contributed by atoms with van der Waals surface area (Å²) < 4.78 is 11.3. The Balaban J connectivity index is 1.59. The number of nitriles is 1. The number of para-hydroxylation sites is 1. The average molecular weight is 479 g/mol.